The van der Waals surface area contributed by atoms with Crippen LogP contribution < -0.4 is 16.0 Å². The number of carbonyl (C=O) groups excluding carboxylic acids is 1. The number of hydrogen-bond acceptors (Lipinski definition) is 3. The fraction of sp³-hybridized carbons (Fsp3) is 0.667. The van der Waals surface area contributed by atoms with E-state index in [1.807, 2.05) is 6.92 Å². The summed E-state index contributed by atoms with van der Waals surface area (Å²) in [5, 5.41) is 9.95. The summed E-state index contributed by atoms with van der Waals surface area (Å²) in [6.45, 7) is 4.22. The monoisotopic (exact) mass is 359 g/mol. The van der Waals surface area contributed by atoms with Gasteiger partial charge in [0.1, 0.15) is 11.9 Å². The Labute approximate surface area is 155 Å². The van der Waals surface area contributed by atoms with Crippen LogP contribution in [0.2, 0.25) is 0 Å². The number of aryl methyl sites for hydroxylation is 1. The summed E-state index contributed by atoms with van der Waals surface area (Å²) in [6.07, 6.45) is 7.65. The smallest absolute Gasteiger partial charge is 0.243 e. The normalized spacial score (nSPS) is 29.1. The summed E-state index contributed by atoms with van der Waals surface area (Å²) in [6, 6.07) is 3.19. The molecule has 1 aromatic carbocycles. The third-order valence-corrected chi connectivity index (χ3v) is 6.62. The van der Waals surface area contributed by atoms with Crippen LogP contribution in [0.25, 0.3) is 0 Å². The first kappa shape index (κ1) is 17.8. The van der Waals surface area contributed by atoms with Crippen LogP contribution in [-0.4, -0.2) is 31.1 Å². The second-order valence-corrected chi connectivity index (χ2v) is 8.34. The first-order chi connectivity index (χ1) is 12.6. The highest BCUT2D eigenvalue weighted by Crippen LogP contribution is 2.35. The lowest BCUT2D eigenvalue weighted by atomic mass is 9.74. The van der Waals surface area contributed by atoms with Crippen molar-refractivity contribution in [3.05, 3.63) is 29.1 Å². The number of carbonyl (C=O) groups is 1. The Morgan fingerprint density at radius 1 is 1.15 bits per heavy atom. The first-order valence-electron chi connectivity index (χ1n) is 10.2. The number of amides is 1. The van der Waals surface area contributed by atoms with Gasteiger partial charge in [0.15, 0.2) is 0 Å². The lowest BCUT2D eigenvalue weighted by molar-refractivity contribution is -0.122. The van der Waals surface area contributed by atoms with Crippen molar-refractivity contribution in [1.29, 1.82) is 0 Å². The number of rotatable bonds is 3. The maximum Gasteiger partial charge on any atom is 0.243 e. The minimum atomic E-state index is -0.347. The van der Waals surface area contributed by atoms with Gasteiger partial charge in [0.2, 0.25) is 5.91 Å². The zero-order valence-electron chi connectivity index (χ0n) is 15.6. The molecule has 26 heavy (non-hydrogen) atoms. The number of halogens is 1. The van der Waals surface area contributed by atoms with Gasteiger partial charge in [0.25, 0.3) is 0 Å². The number of nitrogens with one attached hydrogen (secondary N) is 3. The number of anilines is 1. The van der Waals surface area contributed by atoms with Gasteiger partial charge in [-0.1, -0.05) is 18.9 Å². The molecular weight excluding hydrogens is 329 g/mol. The van der Waals surface area contributed by atoms with Gasteiger partial charge in [-0.05, 0) is 69.2 Å². The second kappa shape index (κ2) is 7.55. The van der Waals surface area contributed by atoms with Crippen molar-refractivity contribution < 1.29 is 9.18 Å². The van der Waals surface area contributed by atoms with E-state index in [0.29, 0.717) is 12.0 Å². The molecule has 0 bridgehead atoms. The molecule has 3 atom stereocenters. The molecule has 3 N–H and O–H groups in total. The fourth-order valence-corrected chi connectivity index (χ4v) is 5.13. The van der Waals surface area contributed by atoms with Gasteiger partial charge in [0, 0.05) is 23.7 Å². The maximum absolute atomic E-state index is 14.0. The van der Waals surface area contributed by atoms with Gasteiger partial charge in [-0.3, -0.25) is 4.79 Å². The third-order valence-electron chi connectivity index (χ3n) is 6.62. The van der Waals surface area contributed by atoms with E-state index < -0.39 is 0 Å². The third kappa shape index (κ3) is 3.59. The lowest BCUT2D eigenvalue weighted by Crippen LogP contribution is -2.46. The highest BCUT2D eigenvalue weighted by atomic mass is 19.1. The molecule has 4 rings (SSSR count). The van der Waals surface area contributed by atoms with Gasteiger partial charge in [-0.2, -0.15) is 0 Å². The molecule has 0 radical (unpaired) electrons. The van der Waals surface area contributed by atoms with Crippen LogP contribution in [0.3, 0.4) is 0 Å². The molecule has 2 fully saturated rings. The van der Waals surface area contributed by atoms with Crippen molar-refractivity contribution in [2.24, 2.45) is 11.8 Å². The summed E-state index contributed by atoms with van der Waals surface area (Å²) in [5.41, 5.74) is 2.46. The highest BCUT2D eigenvalue weighted by molar-refractivity contribution is 5.88. The van der Waals surface area contributed by atoms with Gasteiger partial charge < -0.3 is 16.0 Å². The summed E-state index contributed by atoms with van der Waals surface area (Å²) in [5.74, 6) is 1.36. The largest absolute Gasteiger partial charge is 0.373 e. The molecule has 0 spiro atoms. The number of benzene rings is 1. The van der Waals surface area contributed by atoms with E-state index in [4.69, 9.17) is 0 Å². The zero-order chi connectivity index (χ0) is 18.1. The molecule has 2 heterocycles. The average molecular weight is 359 g/mol. The van der Waals surface area contributed by atoms with Crippen LogP contribution in [0.4, 0.5) is 10.1 Å². The van der Waals surface area contributed by atoms with Crippen LogP contribution >= 0.6 is 0 Å². The van der Waals surface area contributed by atoms with Gasteiger partial charge in [-0.25, -0.2) is 4.39 Å². The van der Waals surface area contributed by atoms with E-state index in [2.05, 4.69) is 16.0 Å². The first-order valence-corrected chi connectivity index (χ1v) is 10.2. The maximum atomic E-state index is 14.0. The zero-order valence-corrected chi connectivity index (χ0v) is 15.6. The van der Waals surface area contributed by atoms with Crippen molar-refractivity contribution in [2.75, 3.05) is 18.4 Å². The minimum absolute atomic E-state index is 0.0240. The predicted octanol–water partition coefficient (Wildman–Crippen LogP) is 3.15. The topological polar surface area (TPSA) is 53.2 Å². The Kier molecular flexibility index (Phi) is 5.16. The van der Waals surface area contributed by atoms with Crippen LogP contribution in [0.1, 0.15) is 49.7 Å². The van der Waals surface area contributed by atoms with Crippen molar-refractivity contribution in [1.82, 2.24) is 10.6 Å². The minimum Gasteiger partial charge on any atom is -0.373 e. The molecule has 1 amide bonds. The van der Waals surface area contributed by atoms with Gasteiger partial charge in [-0.15, -0.1) is 0 Å². The summed E-state index contributed by atoms with van der Waals surface area (Å²) < 4.78 is 14.0. The molecule has 1 aliphatic carbocycles. The Morgan fingerprint density at radius 3 is 2.73 bits per heavy atom. The SMILES string of the molecule is Cc1ccc(F)c2c1NC(C(=O)N[C@H]1CCC[C@H](C3CCNCC3)C1)C2. The van der Waals surface area contributed by atoms with Crippen LogP contribution in [0.5, 0.6) is 0 Å². The lowest BCUT2D eigenvalue weighted by Gasteiger charge is -2.37. The Hall–Kier alpha value is -1.62. The van der Waals surface area contributed by atoms with E-state index >= 15 is 0 Å². The number of piperidine rings is 1. The molecule has 1 saturated carbocycles. The van der Waals surface area contributed by atoms with E-state index in [-0.39, 0.29) is 23.8 Å². The summed E-state index contributed by atoms with van der Waals surface area (Å²) in [4.78, 5) is 12.8. The van der Waals surface area contributed by atoms with Crippen LogP contribution in [-0.2, 0) is 11.2 Å². The standard InChI is InChI=1S/C21H30FN3O/c1-13-5-6-18(22)17-12-19(25-20(13)17)21(26)24-16-4-2-3-15(11-16)14-7-9-23-10-8-14/h5-6,14-16,19,23,25H,2-4,7-12H2,1H3,(H,24,26)/t15-,16-,19?/m0/s1. The molecule has 1 aromatic rings. The van der Waals surface area contributed by atoms with Crippen molar-refractivity contribution >= 4 is 11.6 Å². The Balaban J connectivity index is 1.35. The predicted molar refractivity (Wildman–Crippen MR) is 102 cm³/mol. The Bertz CT molecular complexity index is 640. The molecular formula is C21H30FN3O. The molecule has 2 aliphatic heterocycles. The molecule has 3 aliphatic rings. The van der Waals surface area contributed by atoms with Crippen molar-refractivity contribution in [3.8, 4) is 0 Å². The quantitative estimate of drug-likeness (QED) is 0.777. The molecule has 1 unspecified atom stereocenters. The summed E-state index contributed by atoms with van der Waals surface area (Å²) >= 11 is 0. The van der Waals surface area contributed by atoms with Crippen molar-refractivity contribution in [2.45, 2.75) is 64.0 Å². The Morgan fingerprint density at radius 2 is 1.96 bits per heavy atom. The molecule has 142 valence electrons. The van der Waals surface area contributed by atoms with E-state index in [9.17, 15) is 9.18 Å². The second-order valence-electron chi connectivity index (χ2n) is 8.34. The van der Waals surface area contributed by atoms with E-state index in [1.54, 1.807) is 6.07 Å². The van der Waals surface area contributed by atoms with E-state index in [0.717, 1.165) is 49.0 Å². The van der Waals surface area contributed by atoms with Gasteiger partial charge >= 0.3 is 0 Å². The van der Waals surface area contributed by atoms with Crippen LogP contribution in [0, 0.1) is 24.6 Å². The van der Waals surface area contributed by atoms with Crippen LogP contribution in [0.15, 0.2) is 12.1 Å². The fourth-order valence-electron chi connectivity index (χ4n) is 5.13. The molecule has 1 saturated heterocycles. The van der Waals surface area contributed by atoms with E-state index in [1.165, 1.54) is 31.7 Å². The average Bonchev–Trinajstić information content (AvgIpc) is 3.13. The number of hydrogen-bond donors (Lipinski definition) is 3. The highest BCUT2D eigenvalue weighted by Gasteiger charge is 2.34. The molecule has 0 aromatic heterocycles. The molecule has 4 nitrogen and oxygen atoms in total. The molecule has 5 heteroatoms. The number of fused-ring (bicyclic) bond motifs is 1. The van der Waals surface area contributed by atoms with Crippen molar-refractivity contribution in [3.63, 3.8) is 0 Å². The van der Waals surface area contributed by atoms with Gasteiger partial charge in [0.05, 0.1) is 0 Å². The summed E-state index contributed by atoms with van der Waals surface area (Å²) in [7, 11) is 0.